The number of carbonyl (C=O) groups is 1. The van der Waals surface area contributed by atoms with E-state index < -0.39 is 0 Å². The number of carbonyl (C=O) groups excluding carboxylic acids is 1. The molecular weight excluding hydrogens is 188 g/mol. The fourth-order valence-electron chi connectivity index (χ4n) is 1.80. The molecule has 1 aliphatic carbocycles. The fraction of sp³-hybridized carbons (Fsp3) is 0.462. The molecule has 1 aliphatic rings. The molecule has 2 nitrogen and oxygen atoms in total. The summed E-state index contributed by atoms with van der Waals surface area (Å²) in [6, 6.07) is 0. The number of hydrogen-bond donors (Lipinski definition) is 0. The maximum absolute atomic E-state index is 11.1. The van der Waals surface area contributed by atoms with Crippen LogP contribution in [-0.2, 0) is 9.53 Å². The van der Waals surface area contributed by atoms with Crippen LogP contribution in [0.4, 0.5) is 0 Å². The number of allylic oxidation sites excluding steroid dienone is 4. The van der Waals surface area contributed by atoms with Crippen LogP contribution in [0.15, 0.2) is 36.0 Å². The summed E-state index contributed by atoms with van der Waals surface area (Å²) >= 11 is 0. The smallest absolute Gasteiger partial charge is 0.330 e. The van der Waals surface area contributed by atoms with Gasteiger partial charge in [0.25, 0.3) is 0 Å². The molecule has 0 atom stereocenters. The topological polar surface area (TPSA) is 26.3 Å². The van der Waals surface area contributed by atoms with Crippen molar-refractivity contribution in [2.75, 3.05) is 6.61 Å². The van der Waals surface area contributed by atoms with Crippen molar-refractivity contribution in [3.05, 3.63) is 36.0 Å². The SMILES string of the molecule is C=CCC1=C(/C=C/C(=O)OCC)CCC1. The first-order valence-corrected chi connectivity index (χ1v) is 5.44. The van der Waals surface area contributed by atoms with Gasteiger partial charge in [-0.3, -0.25) is 0 Å². The molecule has 0 spiro atoms. The summed E-state index contributed by atoms with van der Waals surface area (Å²) < 4.78 is 4.83. The molecule has 0 aromatic carbocycles. The largest absolute Gasteiger partial charge is 0.463 e. The van der Waals surface area contributed by atoms with Gasteiger partial charge in [-0.2, -0.15) is 0 Å². The zero-order chi connectivity index (χ0) is 11.1. The molecule has 0 aromatic rings. The summed E-state index contributed by atoms with van der Waals surface area (Å²) in [6.45, 7) is 5.97. The van der Waals surface area contributed by atoms with E-state index >= 15 is 0 Å². The van der Waals surface area contributed by atoms with E-state index in [1.807, 2.05) is 19.1 Å². The van der Waals surface area contributed by atoms with E-state index in [2.05, 4.69) is 6.58 Å². The highest BCUT2D eigenvalue weighted by Crippen LogP contribution is 2.29. The molecule has 2 heteroatoms. The second-order valence-corrected chi connectivity index (χ2v) is 3.56. The molecular formula is C13H18O2. The van der Waals surface area contributed by atoms with Crippen LogP contribution >= 0.6 is 0 Å². The summed E-state index contributed by atoms with van der Waals surface area (Å²) in [7, 11) is 0. The van der Waals surface area contributed by atoms with Crippen LogP contribution in [0.3, 0.4) is 0 Å². The first-order valence-electron chi connectivity index (χ1n) is 5.44. The summed E-state index contributed by atoms with van der Waals surface area (Å²) in [5.74, 6) is -0.255. The molecule has 0 N–H and O–H groups in total. The Hall–Kier alpha value is -1.31. The van der Waals surface area contributed by atoms with Crippen LogP contribution in [0, 0.1) is 0 Å². The summed E-state index contributed by atoms with van der Waals surface area (Å²) in [5, 5.41) is 0. The van der Waals surface area contributed by atoms with E-state index in [1.165, 1.54) is 23.6 Å². The van der Waals surface area contributed by atoms with Crippen molar-refractivity contribution in [1.82, 2.24) is 0 Å². The molecule has 0 radical (unpaired) electrons. The Kier molecular flexibility index (Phi) is 4.88. The van der Waals surface area contributed by atoms with Crippen LogP contribution in [0.25, 0.3) is 0 Å². The van der Waals surface area contributed by atoms with Crippen molar-refractivity contribution in [3.8, 4) is 0 Å². The molecule has 0 unspecified atom stereocenters. The quantitative estimate of drug-likeness (QED) is 0.392. The van der Waals surface area contributed by atoms with Crippen molar-refractivity contribution < 1.29 is 9.53 Å². The van der Waals surface area contributed by atoms with Crippen LogP contribution in [-0.4, -0.2) is 12.6 Å². The van der Waals surface area contributed by atoms with E-state index in [0.717, 1.165) is 19.3 Å². The zero-order valence-electron chi connectivity index (χ0n) is 9.29. The molecule has 82 valence electrons. The minimum Gasteiger partial charge on any atom is -0.463 e. The van der Waals surface area contributed by atoms with E-state index in [0.29, 0.717) is 6.61 Å². The Morgan fingerprint density at radius 1 is 1.53 bits per heavy atom. The van der Waals surface area contributed by atoms with Gasteiger partial charge in [-0.25, -0.2) is 4.79 Å². The minimum absolute atomic E-state index is 0.255. The summed E-state index contributed by atoms with van der Waals surface area (Å²) in [4.78, 5) is 11.1. The second-order valence-electron chi connectivity index (χ2n) is 3.56. The predicted molar refractivity (Wildman–Crippen MR) is 61.5 cm³/mol. The highest BCUT2D eigenvalue weighted by molar-refractivity contribution is 5.82. The highest BCUT2D eigenvalue weighted by Gasteiger charge is 2.10. The van der Waals surface area contributed by atoms with Gasteiger partial charge in [0, 0.05) is 6.08 Å². The Labute approximate surface area is 91.3 Å². The van der Waals surface area contributed by atoms with Crippen LogP contribution in [0.2, 0.25) is 0 Å². The summed E-state index contributed by atoms with van der Waals surface area (Å²) in [5.41, 5.74) is 2.69. The van der Waals surface area contributed by atoms with Gasteiger partial charge in [-0.1, -0.05) is 17.7 Å². The Balaban J connectivity index is 2.58. The predicted octanol–water partition coefficient (Wildman–Crippen LogP) is 3.16. The molecule has 0 bridgehead atoms. The molecule has 0 amide bonds. The van der Waals surface area contributed by atoms with E-state index in [1.54, 1.807) is 0 Å². The van der Waals surface area contributed by atoms with Crippen molar-refractivity contribution in [2.45, 2.75) is 32.6 Å². The van der Waals surface area contributed by atoms with Crippen LogP contribution in [0.5, 0.6) is 0 Å². The normalized spacial score (nSPS) is 16.1. The van der Waals surface area contributed by atoms with Crippen molar-refractivity contribution in [2.24, 2.45) is 0 Å². The molecule has 0 fully saturated rings. The van der Waals surface area contributed by atoms with Gasteiger partial charge >= 0.3 is 5.97 Å². The monoisotopic (exact) mass is 206 g/mol. The number of hydrogen-bond acceptors (Lipinski definition) is 2. The molecule has 15 heavy (non-hydrogen) atoms. The summed E-state index contributed by atoms with van der Waals surface area (Å²) in [6.07, 6.45) is 9.65. The standard InChI is InChI=1S/C13H18O2/c1-3-6-11-7-5-8-12(11)9-10-13(14)15-4-2/h3,9-10H,1,4-8H2,2H3/b10-9+. The van der Waals surface area contributed by atoms with Gasteiger partial charge in [-0.15, -0.1) is 6.58 Å². The molecule has 0 saturated carbocycles. The maximum Gasteiger partial charge on any atom is 0.330 e. The lowest BCUT2D eigenvalue weighted by Crippen LogP contribution is -1.99. The average molecular weight is 206 g/mol. The lowest BCUT2D eigenvalue weighted by atomic mass is 10.1. The van der Waals surface area contributed by atoms with Crippen LogP contribution < -0.4 is 0 Å². The van der Waals surface area contributed by atoms with Gasteiger partial charge in [0.1, 0.15) is 0 Å². The molecule has 0 aliphatic heterocycles. The molecule has 0 aromatic heterocycles. The Bertz CT molecular complexity index is 298. The van der Waals surface area contributed by atoms with Crippen molar-refractivity contribution in [1.29, 1.82) is 0 Å². The van der Waals surface area contributed by atoms with Gasteiger partial charge in [0.2, 0.25) is 0 Å². The zero-order valence-corrected chi connectivity index (χ0v) is 9.29. The first kappa shape index (κ1) is 11.8. The van der Waals surface area contributed by atoms with E-state index in [-0.39, 0.29) is 5.97 Å². The number of rotatable bonds is 5. The van der Waals surface area contributed by atoms with Gasteiger partial charge in [0.15, 0.2) is 0 Å². The Morgan fingerprint density at radius 2 is 2.33 bits per heavy atom. The Morgan fingerprint density at radius 3 is 3.00 bits per heavy atom. The maximum atomic E-state index is 11.1. The number of esters is 1. The van der Waals surface area contributed by atoms with Crippen molar-refractivity contribution >= 4 is 5.97 Å². The third kappa shape index (κ3) is 3.74. The third-order valence-electron chi connectivity index (χ3n) is 2.48. The molecule has 0 heterocycles. The van der Waals surface area contributed by atoms with Crippen molar-refractivity contribution in [3.63, 3.8) is 0 Å². The van der Waals surface area contributed by atoms with Gasteiger partial charge < -0.3 is 4.74 Å². The number of ether oxygens (including phenoxy) is 1. The lowest BCUT2D eigenvalue weighted by Gasteiger charge is -1.99. The fourth-order valence-corrected chi connectivity index (χ4v) is 1.80. The first-order chi connectivity index (χ1) is 7.27. The van der Waals surface area contributed by atoms with Gasteiger partial charge in [0.05, 0.1) is 6.61 Å². The van der Waals surface area contributed by atoms with E-state index in [4.69, 9.17) is 4.74 Å². The van der Waals surface area contributed by atoms with Crippen LogP contribution in [0.1, 0.15) is 32.6 Å². The highest BCUT2D eigenvalue weighted by atomic mass is 16.5. The van der Waals surface area contributed by atoms with Gasteiger partial charge in [-0.05, 0) is 38.2 Å². The second kappa shape index (κ2) is 6.23. The van der Waals surface area contributed by atoms with E-state index in [9.17, 15) is 4.79 Å². The minimum atomic E-state index is -0.255. The molecule has 1 rings (SSSR count). The third-order valence-corrected chi connectivity index (χ3v) is 2.48. The molecule has 0 saturated heterocycles. The average Bonchev–Trinajstić information content (AvgIpc) is 2.64. The lowest BCUT2D eigenvalue weighted by molar-refractivity contribution is -0.137.